The highest BCUT2D eigenvalue weighted by Gasteiger charge is 2.35. The fourth-order valence-corrected chi connectivity index (χ4v) is 2.93. The fourth-order valence-electron chi connectivity index (χ4n) is 2.93. The smallest absolute Gasteiger partial charge is 0.303 e. The van der Waals surface area contributed by atoms with E-state index in [-0.39, 0.29) is 5.41 Å². The number of hydrogen-bond acceptors (Lipinski definition) is 4. The Morgan fingerprint density at radius 1 is 1.22 bits per heavy atom. The number of likely N-dealkylation sites (tertiary alicyclic amines) is 1. The van der Waals surface area contributed by atoms with Crippen molar-refractivity contribution in [1.29, 1.82) is 0 Å². The van der Waals surface area contributed by atoms with E-state index in [1.807, 2.05) is 0 Å². The van der Waals surface area contributed by atoms with Crippen LogP contribution in [0.3, 0.4) is 0 Å². The van der Waals surface area contributed by atoms with Crippen LogP contribution in [0.5, 0.6) is 0 Å². The number of ether oxygens (including phenoxy) is 1. The standard InChI is InChI=1S/C13H24N2O3/c1-13(10-12(16)17)2-3-15(11-13)5-4-14-6-8-18-9-7-14/h2-11H2,1H3,(H,16,17). The lowest BCUT2D eigenvalue weighted by molar-refractivity contribution is -0.139. The van der Waals surface area contributed by atoms with E-state index < -0.39 is 5.97 Å². The number of rotatable bonds is 5. The molecule has 0 aromatic heterocycles. The Bertz CT molecular complexity index is 292. The molecule has 104 valence electrons. The molecule has 5 heteroatoms. The van der Waals surface area contributed by atoms with E-state index in [9.17, 15) is 4.79 Å². The summed E-state index contributed by atoms with van der Waals surface area (Å²) < 4.78 is 5.33. The highest BCUT2D eigenvalue weighted by atomic mass is 16.5. The molecule has 0 aliphatic carbocycles. The minimum absolute atomic E-state index is 0.0309. The maximum atomic E-state index is 10.8. The number of carboxylic acid groups (broad SMARTS) is 1. The Labute approximate surface area is 109 Å². The maximum absolute atomic E-state index is 10.8. The number of hydrogen-bond donors (Lipinski definition) is 1. The molecule has 2 aliphatic rings. The Hall–Kier alpha value is -0.650. The lowest BCUT2D eigenvalue weighted by Gasteiger charge is -2.29. The molecule has 18 heavy (non-hydrogen) atoms. The van der Waals surface area contributed by atoms with Gasteiger partial charge in [-0.1, -0.05) is 6.92 Å². The Balaban J connectivity index is 1.70. The van der Waals surface area contributed by atoms with Crippen molar-refractivity contribution in [2.24, 2.45) is 5.41 Å². The van der Waals surface area contributed by atoms with Gasteiger partial charge in [0.25, 0.3) is 0 Å². The largest absolute Gasteiger partial charge is 0.481 e. The van der Waals surface area contributed by atoms with Crippen LogP contribution in [0.1, 0.15) is 19.8 Å². The highest BCUT2D eigenvalue weighted by molar-refractivity contribution is 5.67. The normalized spacial score (nSPS) is 30.7. The van der Waals surface area contributed by atoms with Crippen molar-refractivity contribution in [1.82, 2.24) is 9.80 Å². The quantitative estimate of drug-likeness (QED) is 0.776. The molecule has 5 nitrogen and oxygen atoms in total. The minimum atomic E-state index is -0.674. The van der Waals surface area contributed by atoms with E-state index >= 15 is 0 Å². The van der Waals surface area contributed by atoms with E-state index in [0.29, 0.717) is 6.42 Å². The molecule has 0 radical (unpaired) electrons. The molecule has 0 aromatic rings. The molecule has 2 saturated heterocycles. The van der Waals surface area contributed by atoms with Crippen LogP contribution in [0.15, 0.2) is 0 Å². The van der Waals surface area contributed by atoms with Crippen LogP contribution < -0.4 is 0 Å². The monoisotopic (exact) mass is 256 g/mol. The fraction of sp³-hybridized carbons (Fsp3) is 0.923. The maximum Gasteiger partial charge on any atom is 0.303 e. The highest BCUT2D eigenvalue weighted by Crippen LogP contribution is 2.33. The Morgan fingerprint density at radius 3 is 2.56 bits per heavy atom. The van der Waals surface area contributed by atoms with Crippen molar-refractivity contribution in [2.45, 2.75) is 19.8 Å². The van der Waals surface area contributed by atoms with Crippen molar-refractivity contribution >= 4 is 5.97 Å². The number of carbonyl (C=O) groups is 1. The summed E-state index contributed by atoms with van der Waals surface area (Å²) in [5.41, 5.74) is -0.0309. The molecule has 0 spiro atoms. The van der Waals surface area contributed by atoms with E-state index in [2.05, 4.69) is 16.7 Å². The third-order valence-electron chi connectivity index (χ3n) is 4.05. The van der Waals surface area contributed by atoms with Crippen LogP contribution in [-0.4, -0.2) is 73.4 Å². The van der Waals surface area contributed by atoms with Crippen molar-refractivity contribution < 1.29 is 14.6 Å². The first-order valence-corrected chi connectivity index (χ1v) is 6.82. The first kappa shape index (κ1) is 13.8. The molecule has 2 aliphatic heterocycles. The summed E-state index contributed by atoms with van der Waals surface area (Å²) in [6.07, 6.45) is 1.30. The number of morpholine rings is 1. The zero-order valence-electron chi connectivity index (χ0n) is 11.2. The van der Waals surface area contributed by atoms with Crippen LogP contribution in [-0.2, 0) is 9.53 Å². The number of carboxylic acids is 1. The molecule has 0 bridgehead atoms. The van der Waals surface area contributed by atoms with Gasteiger partial charge in [0.1, 0.15) is 0 Å². The molecule has 2 rings (SSSR count). The first-order valence-electron chi connectivity index (χ1n) is 6.82. The molecular formula is C13H24N2O3. The summed E-state index contributed by atoms with van der Waals surface area (Å²) in [6, 6.07) is 0. The molecule has 1 unspecified atom stereocenters. The molecule has 1 N–H and O–H groups in total. The van der Waals surface area contributed by atoms with Crippen molar-refractivity contribution in [3.8, 4) is 0 Å². The van der Waals surface area contributed by atoms with E-state index in [4.69, 9.17) is 9.84 Å². The topological polar surface area (TPSA) is 53.0 Å². The van der Waals surface area contributed by atoms with Gasteiger partial charge in [-0.2, -0.15) is 0 Å². The second-order valence-electron chi connectivity index (χ2n) is 5.86. The second kappa shape index (κ2) is 5.99. The zero-order chi connectivity index (χ0) is 13.0. The predicted octanol–water partition coefficient (Wildman–Crippen LogP) is 0.505. The molecule has 0 amide bonds. The van der Waals surface area contributed by atoms with Gasteiger partial charge in [0.2, 0.25) is 0 Å². The van der Waals surface area contributed by atoms with Crippen molar-refractivity contribution in [2.75, 3.05) is 52.5 Å². The summed E-state index contributed by atoms with van der Waals surface area (Å²) in [5.74, 6) is -0.674. The zero-order valence-corrected chi connectivity index (χ0v) is 11.2. The van der Waals surface area contributed by atoms with Crippen LogP contribution in [0.2, 0.25) is 0 Å². The van der Waals surface area contributed by atoms with Crippen LogP contribution >= 0.6 is 0 Å². The van der Waals surface area contributed by atoms with E-state index in [1.54, 1.807) is 0 Å². The van der Waals surface area contributed by atoms with Gasteiger partial charge >= 0.3 is 5.97 Å². The van der Waals surface area contributed by atoms with Gasteiger partial charge in [0.15, 0.2) is 0 Å². The van der Waals surface area contributed by atoms with Gasteiger partial charge in [-0.25, -0.2) is 0 Å². The Morgan fingerprint density at radius 2 is 1.89 bits per heavy atom. The Kier molecular flexibility index (Phi) is 4.59. The van der Waals surface area contributed by atoms with Crippen molar-refractivity contribution in [3.63, 3.8) is 0 Å². The minimum Gasteiger partial charge on any atom is -0.481 e. The average molecular weight is 256 g/mol. The lowest BCUT2D eigenvalue weighted by Crippen LogP contribution is -2.41. The lowest BCUT2D eigenvalue weighted by atomic mass is 9.86. The summed E-state index contributed by atoms with van der Waals surface area (Å²) in [5, 5.41) is 8.92. The molecule has 2 fully saturated rings. The molecule has 0 saturated carbocycles. The summed E-state index contributed by atoms with van der Waals surface area (Å²) in [4.78, 5) is 15.7. The van der Waals surface area contributed by atoms with Gasteiger partial charge in [0, 0.05) is 32.7 Å². The predicted molar refractivity (Wildman–Crippen MR) is 68.7 cm³/mol. The summed E-state index contributed by atoms with van der Waals surface area (Å²) in [6.45, 7) is 9.92. The average Bonchev–Trinajstić information content (AvgIpc) is 2.68. The molecule has 2 heterocycles. The molecule has 0 aromatic carbocycles. The van der Waals surface area contributed by atoms with Gasteiger partial charge in [-0.05, 0) is 18.4 Å². The summed E-state index contributed by atoms with van der Waals surface area (Å²) >= 11 is 0. The van der Waals surface area contributed by atoms with Gasteiger partial charge in [-0.3, -0.25) is 9.69 Å². The van der Waals surface area contributed by atoms with Crippen molar-refractivity contribution in [3.05, 3.63) is 0 Å². The third kappa shape index (κ3) is 3.93. The third-order valence-corrected chi connectivity index (χ3v) is 4.05. The van der Waals surface area contributed by atoms with E-state index in [0.717, 1.165) is 58.9 Å². The molecule has 1 atom stereocenters. The van der Waals surface area contributed by atoms with E-state index in [1.165, 1.54) is 0 Å². The summed E-state index contributed by atoms with van der Waals surface area (Å²) in [7, 11) is 0. The number of nitrogens with zero attached hydrogens (tertiary/aromatic N) is 2. The SMILES string of the molecule is CC1(CC(=O)O)CCN(CCN2CCOCC2)C1. The van der Waals surface area contributed by atoms with Gasteiger partial charge < -0.3 is 14.7 Å². The van der Waals surface area contributed by atoms with Gasteiger partial charge in [-0.15, -0.1) is 0 Å². The molecular weight excluding hydrogens is 232 g/mol. The van der Waals surface area contributed by atoms with Gasteiger partial charge in [0.05, 0.1) is 19.6 Å². The van der Waals surface area contributed by atoms with Crippen LogP contribution in [0.25, 0.3) is 0 Å². The van der Waals surface area contributed by atoms with Crippen LogP contribution in [0, 0.1) is 5.41 Å². The second-order valence-corrected chi connectivity index (χ2v) is 5.86. The first-order chi connectivity index (χ1) is 8.57. The van der Waals surface area contributed by atoms with Crippen LogP contribution in [0.4, 0.5) is 0 Å². The number of aliphatic carboxylic acids is 1.